The van der Waals surface area contributed by atoms with Crippen LogP contribution in [0.25, 0.3) is 11.1 Å². The van der Waals surface area contributed by atoms with Gasteiger partial charge in [0.1, 0.15) is 0 Å². The lowest BCUT2D eigenvalue weighted by atomic mass is 9.85. The Labute approximate surface area is 143 Å². The Bertz CT molecular complexity index is 747. The van der Waals surface area contributed by atoms with Crippen molar-refractivity contribution in [2.45, 2.75) is 31.9 Å². The highest BCUT2D eigenvalue weighted by Crippen LogP contribution is 2.42. The second kappa shape index (κ2) is 5.99. The van der Waals surface area contributed by atoms with Gasteiger partial charge in [-0.2, -0.15) is 0 Å². The summed E-state index contributed by atoms with van der Waals surface area (Å²) in [5.74, 6) is 0. The third kappa shape index (κ3) is 2.48. The first kappa shape index (κ1) is 15.8. The molecule has 1 aliphatic carbocycles. The van der Waals surface area contributed by atoms with Crippen molar-refractivity contribution in [1.82, 2.24) is 4.90 Å². The molecule has 3 heteroatoms. The standard InChI is InChI=1S/C21H25NO2/c1-21(2,22-10-12-24-13-11-22)20(23)18-9-5-8-17-16-7-4-3-6-15(16)14-19(17)18/h3-9,20,23H,10-14H2,1-2H3. The van der Waals surface area contributed by atoms with E-state index in [-0.39, 0.29) is 5.54 Å². The van der Waals surface area contributed by atoms with Crippen molar-refractivity contribution in [3.63, 3.8) is 0 Å². The summed E-state index contributed by atoms with van der Waals surface area (Å²) >= 11 is 0. The Morgan fingerprint density at radius 3 is 2.50 bits per heavy atom. The van der Waals surface area contributed by atoms with Crippen molar-refractivity contribution in [3.8, 4) is 11.1 Å². The van der Waals surface area contributed by atoms with Crippen molar-refractivity contribution < 1.29 is 9.84 Å². The average Bonchev–Trinajstić information content (AvgIpc) is 3.00. The molecule has 1 heterocycles. The van der Waals surface area contributed by atoms with E-state index in [4.69, 9.17) is 4.74 Å². The lowest BCUT2D eigenvalue weighted by Gasteiger charge is -2.44. The Morgan fingerprint density at radius 2 is 1.71 bits per heavy atom. The molecule has 0 aromatic heterocycles. The van der Waals surface area contributed by atoms with Crippen LogP contribution < -0.4 is 0 Å². The molecule has 0 amide bonds. The largest absolute Gasteiger partial charge is 0.386 e. The highest BCUT2D eigenvalue weighted by atomic mass is 16.5. The first-order valence-electron chi connectivity index (χ1n) is 8.80. The Kier molecular flexibility index (Phi) is 3.95. The van der Waals surface area contributed by atoms with Gasteiger partial charge in [0.25, 0.3) is 0 Å². The van der Waals surface area contributed by atoms with Gasteiger partial charge in [0.2, 0.25) is 0 Å². The van der Waals surface area contributed by atoms with Crippen LogP contribution in [0.1, 0.15) is 36.6 Å². The van der Waals surface area contributed by atoms with Crippen molar-refractivity contribution in [2.24, 2.45) is 0 Å². The molecule has 1 unspecified atom stereocenters. The van der Waals surface area contributed by atoms with Crippen molar-refractivity contribution in [1.29, 1.82) is 0 Å². The quantitative estimate of drug-likeness (QED) is 0.802. The summed E-state index contributed by atoms with van der Waals surface area (Å²) in [6.45, 7) is 7.52. The van der Waals surface area contributed by atoms with Gasteiger partial charge in [0.05, 0.1) is 19.3 Å². The summed E-state index contributed by atoms with van der Waals surface area (Å²) in [6, 6.07) is 14.9. The summed E-state index contributed by atoms with van der Waals surface area (Å²) in [4.78, 5) is 2.35. The number of morpholine rings is 1. The van der Waals surface area contributed by atoms with Gasteiger partial charge in [-0.3, -0.25) is 4.90 Å². The molecule has 0 saturated carbocycles. The number of nitrogens with zero attached hydrogens (tertiary/aromatic N) is 1. The molecule has 1 atom stereocenters. The van der Waals surface area contributed by atoms with Crippen LogP contribution in [0, 0.1) is 0 Å². The SMILES string of the molecule is CC(C)(C(O)c1cccc2c1Cc1ccccc1-2)N1CCOCC1. The second-order valence-electron chi connectivity index (χ2n) is 7.36. The van der Waals surface area contributed by atoms with Crippen molar-refractivity contribution >= 4 is 0 Å². The van der Waals surface area contributed by atoms with E-state index in [1.807, 2.05) is 0 Å². The van der Waals surface area contributed by atoms with Crippen molar-refractivity contribution in [3.05, 3.63) is 59.2 Å². The number of ether oxygens (including phenoxy) is 1. The molecule has 0 bridgehead atoms. The Hall–Kier alpha value is -1.68. The number of benzene rings is 2. The zero-order valence-electron chi connectivity index (χ0n) is 14.5. The van der Waals surface area contributed by atoms with E-state index in [9.17, 15) is 5.11 Å². The molecule has 1 fully saturated rings. The van der Waals surface area contributed by atoms with Gasteiger partial charge in [-0.15, -0.1) is 0 Å². The fourth-order valence-corrected chi connectivity index (χ4v) is 4.13. The molecule has 1 N–H and O–H groups in total. The fraction of sp³-hybridized carbons (Fsp3) is 0.429. The maximum absolute atomic E-state index is 11.3. The summed E-state index contributed by atoms with van der Waals surface area (Å²) in [5, 5.41) is 11.3. The summed E-state index contributed by atoms with van der Waals surface area (Å²) in [7, 11) is 0. The number of aliphatic hydroxyl groups excluding tert-OH is 1. The van der Waals surface area contributed by atoms with E-state index in [1.165, 1.54) is 22.3 Å². The van der Waals surface area contributed by atoms with Crippen LogP contribution in [-0.2, 0) is 11.2 Å². The smallest absolute Gasteiger partial charge is 0.0971 e. The van der Waals surface area contributed by atoms with Gasteiger partial charge >= 0.3 is 0 Å². The van der Waals surface area contributed by atoms with Gasteiger partial charge in [0, 0.05) is 18.6 Å². The van der Waals surface area contributed by atoms with Crippen LogP contribution in [0.4, 0.5) is 0 Å². The Morgan fingerprint density at radius 1 is 1.00 bits per heavy atom. The molecule has 2 aliphatic rings. The molecule has 3 nitrogen and oxygen atoms in total. The molecule has 0 spiro atoms. The molecule has 24 heavy (non-hydrogen) atoms. The molecule has 126 valence electrons. The van der Waals surface area contributed by atoms with Crippen LogP contribution in [0.2, 0.25) is 0 Å². The Balaban J connectivity index is 1.70. The molecular formula is C21H25NO2. The van der Waals surface area contributed by atoms with E-state index < -0.39 is 6.10 Å². The van der Waals surface area contributed by atoms with E-state index in [2.05, 4.69) is 61.2 Å². The van der Waals surface area contributed by atoms with E-state index in [0.717, 1.165) is 38.3 Å². The predicted molar refractivity (Wildman–Crippen MR) is 96.1 cm³/mol. The van der Waals surface area contributed by atoms with Crippen LogP contribution in [-0.4, -0.2) is 41.8 Å². The maximum atomic E-state index is 11.3. The van der Waals surface area contributed by atoms with Gasteiger partial charge in [-0.1, -0.05) is 42.5 Å². The van der Waals surface area contributed by atoms with Crippen LogP contribution in [0.5, 0.6) is 0 Å². The molecule has 1 aliphatic heterocycles. The number of aliphatic hydroxyl groups is 1. The third-order valence-electron chi connectivity index (χ3n) is 5.68. The summed E-state index contributed by atoms with van der Waals surface area (Å²) in [5.41, 5.74) is 5.99. The van der Waals surface area contributed by atoms with E-state index in [1.54, 1.807) is 0 Å². The van der Waals surface area contributed by atoms with Gasteiger partial charge < -0.3 is 9.84 Å². The normalized spacial score (nSPS) is 19.0. The monoisotopic (exact) mass is 323 g/mol. The first-order valence-corrected chi connectivity index (χ1v) is 8.80. The van der Waals surface area contributed by atoms with E-state index in [0.29, 0.717) is 0 Å². The summed E-state index contributed by atoms with van der Waals surface area (Å²) in [6.07, 6.45) is 0.401. The van der Waals surface area contributed by atoms with E-state index >= 15 is 0 Å². The minimum absolute atomic E-state index is 0.312. The van der Waals surface area contributed by atoms with Crippen LogP contribution in [0.15, 0.2) is 42.5 Å². The molecule has 1 saturated heterocycles. The predicted octanol–water partition coefficient (Wildman–Crippen LogP) is 3.40. The maximum Gasteiger partial charge on any atom is 0.0971 e. The second-order valence-corrected chi connectivity index (χ2v) is 7.36. The third-order valence-corrected chi connectivity index (χ3v) is 5.68. The van der Waals surface area contributed by atoms with Crippen LogP contribution in [0.3, 0.4) is 0 Å². The lowest BCUT2D eigenvalue weighted by molar-refractivity contribution is -0.0632. The number of rotatable bonds is 3. The van der Waals surface area contributed by atoms with Gasteiger partial charge in [0.15, 0.2) is 0 Å². The highest BCUT2D eigenvalue weighted by Gasteiger charge is 2.38. The highest BCUT2D eigenvalue weighted by molar-refractivity contribution is 5.78. The minimum Gasteiger partial charge on any atom is -0.386 e. The number of hydrogen-bond donors (Lipinski definition) is 1. The zero-order valence-corrected chi connectivity index (χ0v) is 14.5. The summed E-state index contributed by atoms with van der Waals surface area (Å²) < 4.78 is 5.47. The lowest BCUT2D eigenvalue weighted by Crippen LogP contribution is -2.53. The fourth-order valence-electron chi connectivity index (χ4n) is 4.13. The molecule has 2 aromatic carbocycles. The first-order chi connectivity index (χ1) is 11.6. The number of fused-ring (bicyclic) bond motifs is 3. The molecule has 0 radical (unpaired) electrons. The molecule has 2 aromatic rings. The molecular weight excluding hydrogens is 298 g/mol. The zero-order chi connectivity index (χ0) is 16.7. The van der Waals surface area contributed by atoms with Crippen molar-refractivity contribution in [2.75, 3.05) is 26.3 Å². The van der Waals surface area contributed by atoms with Gasteiger partial charge in [-0.05, 0) is 48.1 Å². The molecule has 4 rings (SSSR count). The topological polar surface area (TPSA) is 32.7 Å². The van der Waals surface area contributed by atoms with Crippen LogP contribution >= 0.6 is 0 Å². The average molecular weight is 323 g/mol. The van der Waals surface area contributed by atoms with Gasteiger partial charge in [-0.25, -0.2) is 0 Å². The number of hydrogen-bond acceptors (Lipinski definition) is 3. The minimum atomic E-state index is -0.514.